The smallest absolute Gasteiger partial charge is 0.173 e. The molecule has 0 unspecified atom stereocenters. The summed E-state index contributed by atoms with van der Waals surface area (Å²) in [4.78, 5) is 31.0. The van der Waals surface area contributed by atoms with E-state index in [0.717, 1.165) is 11.8 Å². The van der Waals surface area contributed by atoms with E-state index in [2.05, 4.69) is 4.52 Å². The Hall–Kier alpha value is 0.0500. The van der Waals surface area contributed by atoms with Crippen LogP contribution in [0, 0.1) is 0 Å². The maximum atomic E-state index is 11.0. The largest absolute Gasteiger partial charge is 0.790 e. The van der Waals surface area contributed by atoms with E-state index in [1.54, 1.807) is 6.26 Å². The summed E-state index contributed by atoms with van der Waals surface area (Å²) in [6, 6.07) is 0. The first-order valence-corrected chi connectivity index (χ1v) is 6.67. The van der Waals surface area contributed by atoms with Crippen LogP contribution in [0.5, 0.6) is 0 Å². The molecule has 2 N–H and O–H groups in total. The monoisotopic (exact) mass is 258 g/mol. The van der Waals surface area contributed by atoms with Crippen LogP contribution in [-0.2, 0) is 13.9 Å². The van der Waals surface area contributed by atoms with Gasteiger partial charge in [0.2, 0.25) is 0 Å². The quantitative estimate of drug-likeness (QED) is 0.479. The molecule has 9 heteroatoms. The van der Waals surface area contributed by atoms with Crippen molar-refractivity contribution in [3.05, 3.63) is 0 Å². The maximum absolute atomic E-state index is 11.0. The molecule has 90 valence electrons. The fourth-order valence-electron chi connectivity index (χ4n) is 0.701. The zero-order valence-corrected chi connectivity index (χ0v) is 9.57. The molecule has 2 atom stereocenters. The minimum absolute atomic E-state index is 0.0232. The van der Waals surface area contributed by atoms with Gasteiger partial charge in [-0.3, -0.25) is 4.79 Å². The Morgan fingerprint density at radius 1 is 1.53 bits per heavy atom. The molecule has 0 aromatic heterocycles. The maximum Gasteiger partial charge on any atom is 0.173 e. The summed E-state index contributed by atoms with van der Waals surface area (Å²) < 4.78 is 13.7. The van der Waals surface area contributed by atoms with Gasteiger partial charge in [0.1, 0.15) is 12.2 Å². The van der Waals surface area contributed by atoms with Crippen LogP contribution >= 0.6 is 19.6 Å². The first-order chi connectivity index (χ1) is 6.78. The predicted octanol–water partition coefficient (Wildman–Crippen LogP) is -2.51. The molecule has 0 aliphatic carbocycles. The van der Waals surface area contributed by atoms with Crippen molar-refractivity contribution in [1.29, 1.82) is 0 Å². The molecule has 0 spiro atoms. The highest BCUT2D eigenvalue weighted by Crippen LogP contribution is 2.24. The second-order valence-corrected chi connectivity index (χ2v) is 4.67. The van der Waals surface area contributed by atoms with Gasteiger partial charge in [0.05, 0.1) is 20.2 Å². The predicted molar refractivity (Wildman–Crippen MR) is 49.0 cm³/mol. The average molecular weight is 258 g/mol. The number of aliphatic hydroxyl groups is 2. The molecule has 0 heterocycles. The summed E-state index contributed by atoms with van der Waals surface area (Å²) in [6.07, 6.45) is -1.85. The summed E-state index contributed by atoms with van der Waals surface area (Å²) in [7, 11) is -5.19. The first kappa shape index (κ1) is 15.0. The summed E-state index contributed by atoms with van der Waals surface area (Å²) >= 11 is 1.14. The summed E-state index contributed by atoms with van der Waals surface area (Å²) in [5.74, 6) is -0.685. The standard InChI is InChI=1S/C6H13O7PS/c1-15-3-5(8)6(9)4(7)2-13-14(10,11)12/h4,6-7,9H,2-3H2,1H3,(H2,10,11,12)/p-2/t4-,6+/m1/s1. The van der Waals surface area contributed by atoms with Gasteiger partial charge in [-0.05, 0) is 6.26 Å². The van der Waals surface area contributed by atoms with Gasteiger partial charge in [-0.1, -0.05) is 0 Å². The number of carbonyl (C=O) groups is 1. The molecule has 0 bridgehead atoms. The van der Waals surface area contributed by atoms with Gasteiger partial charge in [0, 0.05) is 0 Å². The van der Waals surface area contributed by atoms with Gasteiger partial charge in [0.15, 0.2) is 5.78 Å². The van der Waals surface area contributed by atoms with E-state index >= 15 is 0 Å². The van der Waals surface area contributed by atoms with Crippen LogP contribution in [0.25, 0.3) is 0 Å². The van der Waals surface area contributed by atoms with Crippen LogP contribution in [0.2, 0.25) is 0 Å². The van der Waals surface area contributed by atoms with E-state index in [-0.39, 0.29) is 5.75 Å². The van der Waals surface area contributed by atoms with Crippen molar-refractivity contribution in [2.24, 2.45) is 0 Å². The lowest BCUT2D eigenvalue weighted by molar-refractivity contribution is -0.343. The average Bonchev–Trinajstić information content (AvgIpc) is 2.12. The molecule has 0 saturated heterocycles. The molecular weight excluding hydrogens is 247 g/mol. The lowest BCUT2D eigenvalue weighted by atomic mass is 10.1. The normalized spacial score (nSPS) is 16.1. The third kappa shape index (κ3) is 7.02. The van der Waals surface area contributed by atoms with Crippen LogP contribution in [0.15, 0.2) is 0 Å². The first-order valence-electron chi connectivity index (χ1n) is 3.82. The van der Waals surface area contributed by atoms with E-state index < -0.39 is 32.4 Å². The van der Waals surface area contributed by atoms with Gasteiger partial charge < -0.3 is 29.1 Å². The second-order valence-electron chi connectivity index (χ2n) is 2.65. The Morgan fingerprint density at radius 3 is 2.47 bits per heavy atom. The number of aliphatic hydroxyl groups excluding tert-OH is 2. The number of phosphoric ester groups is 1. The van der Waals surface area contributed by atoms with E-state index in [1.807, 2.05) is 0 Å². The minimum Gasteiger partial charge on any atom is -0.790 e. The number of thioether (sulfide) groups is 1. The molecule has 0 aromatic rings. The fourth-order valence-corrected chi connectivity index (χ4v) is 1.49. The van der Waals surface area contributed by atoms with Crippen LogP contribution in [0.1, 0.15) is 0 Å². The Labute approximate surface area is 90.7 Å². The molecule has 7 nitrogen and oxygen atoms in total. The van der Waals surface area contributed by atoms with E-state index in [0.29, 0.717) is 0 Å². The van der Waals surface area contributed by atoms with Crippen LogP contribution in [0.3, 0.4) is 0 Å². The number of ketones is 1. The van der Waals surface area contributed by atoms with Gasteiger partial charge in [-0.15, -0.1) is 0 Å². The van der Waals surface area contributed by atoms with E-state index in [9.17, 15) is 19.1 Å². The minimum atomic E-state index is -5.19. The molecule has 0 radical (unpaired) electrons. The highest BCUT2D eigenvalue weighted by Gasteiger charge is 2.23. The Balaban J connectivity index is 4.04. The molecule has 0 aromatic carbocycles. The number of Topliss-reactive ketones (excluding diaryl/α,β-unsaturated/α-hetero) is 1. The third-order valence-corrected chi connectivity index (χ3v) is 2.42. The van der Waals surface area contributed by atoms with Crippen molar-refractivity contribution in [2.45, 2.75) is 12.2 Å². The van der Waals surface area contributed by atoms with Crippen molar-refractivity contribution >= 4 is 25.4 Å². The zero-order chi connectivity index (χ0) is 12.1. The highest BCUT2D eigenvalue weighted by molar-refractivity contribution is 7.99. The number of carbonyl (C=O) groups excluding carboxylic acids is 1. The van der Waals surface area contributed by atoms with Gasteiger partial charge in [-0.2, -0.15) is 11.8 Å². The van der Waals surface area contributed by atoms with Crippen molar-refractivity contribution in [1.82, 2.24) is 0 Å². The zero-order valence-electron chi connectivity index (χ0n) is 7.86. The van der Waals surface area contributed by atoms with Crippen molar-refractivity contribution in [3.8, 4) is 0 Å². The molecular formula is C6H11O7PS-2. The van der Waals surface area contributed by atoms with Gasteiger partial charge in [-0.25, -0.2) is 0 Å². The second kappa shape index (κ2) is 6.59. The lowest BCUT2D eigenvalue weighted by Crippen LogP contribution is -2.38. The van der Waals surface area contributed by atoms with Crippen molar-refractivity contribution in [2.75, 3.05) is 18.6 Å². The number of phosphoric acid groups is 1. The Morgan fingerprint density at radius 2 is 2.07 bits per heavy atom. The summed E-state index contributed by atoms with van der Waals surface area (Å²) in [5.41, 5.74) is 0. The number of hydrogen-bond donors (Lipinski definition) is 2. The molecule has 0 rings (SSSR count). The molecule has 0 saturated carbocycles. The van der Waals surface area contributed by atoms with E-state index in [4.69, 9.17) is 10.2 Å². The van der Waals surface area contributed by atoms with Crippen molar-refractivity contribution in [3.63, 3.8) is 0 Å². The molecule has 0 amide bonds. The van der Waals surface area contributed by atoms with Gasteiger partial charge in [0.25, 0.3) is 0 Å². The Kier molecular flexibility index (Phi) is 6.62. The van der Waals surface area contributed by atoms with Crippen molar-refractivity contribution < 1.29 is 33.9 Å². The summed E-state index contributed by atoms with van der Waals surface area (Å²) in [6.45, 7) is -0.925. The lowest BCUT2D eigenvalue weighted by Gasteiger charge is -2.30. The van der Waals surface area contributed by atoms with Gasteiger partial charge >= 0.3 is 0 Å². The molecule has 0 aliphatic heterocycles. The summed E-state index contributed by atoms with van der Waals surface area (Å²) in [5, 5.41) is 18.2. The molecule has 15 heavy (non-hydrogen) atoms. The molecule has 0 aliphatic rings. The third-order valence-electron chi connectivity index (χ3n) is 1.38. The van der Waals surface area contributed by atoms with Crippen LogP contribution < -0.4 is 9.79 Å². The SMILES string of the molecule is CSCC(=O)[C@@H](O)[C@H](O)COP(=O)([O-])[O-]. The highest BCUT2D eigenvalue weighted by atomic mass is 32.2. The fraction of sp³-hybridized carbons (Fsp3) is 0.833. The number of rotatable bonds is 7. The van der Waals surface area contributed by atoms with E-state index in [1.165, 1.54) is 0 Å². The molecule has 0 fully saturated rings. The van der Waals surface area contributed by atoms with Crippen LogP contribution in [-0.4, -0.2) is 46.8 Å². The van der Waals surface area contributed by atoms with Crippen LogP contribution in [0.4, 0.5) is 0 Å². The Bertz CT molecular complexity index is 252. The number of hydrogen-bond acceptors (Lipinski definition) is 8. The topological polar surface area (TPSA) is 130 Å².